The van der Waals surface area contributed by atoms with Crippen molar-refractivity contribution in [1.82, 2.24) is 4.90 Å². The number of fused-ring (bicyclic) bond motifs is 1. The Hall–Kier alpha value is -2.00. The van der Waals surface area contributed by atoms with Crippen LogP contribution >= 0.6 is 0 Å². The van der Waals surface area contributed by atoms with Crippen LogP contribution in [0, 0.1) is 17.2 Å². The number of hydrogen-bond acceptors (Lipinski definition) is 5. The molecule has 0 aromatic carbocycles. The maximum absolute atomic E-state index is 13.9. The lowest BCUT2D eigenvalue weighted by molar-refractivity contribution is -0.159. The van der Waals surface area contributed by atoms with Crippen LogP contribution in [0.3, 0.4) is 0 Å². The van der Waals surface area contributed by atoms with Gasteiger partial charge in [0.15, 0.2) is 0 Å². The highest BCUT2D eigenvalue weighted by atomic mass is 32.2. The molecular formula is C16H14F6N2O3S. The number of aliphatic hydroxyl groups is 1. The largest absolute Gasteiger partial charge is 0.501 e. The SMILES string of the molecule is N#CC1=C(F)C=CC(N2C=C(S(=O)(=O)C(F)(F)F)C3C2CCC(F)(F)[C@H]3O)C1. The second kappa shape index (κ2) is 6.52. The third-order valence-electron chi connectivity index (χ3n) is 5.25. The minimum atomic E-state index is -5.98. The average Bonchev–Trinajstić information content (AvgIpc) is 2.98. The zero-order valence-corrected chi connectivity index (χ0v) is 14.8. The normalized spacial score (nSPS) is 32.8. The Bertz CT molecular complexity index is 916. The summed E-state index contributed by atoms with van der Waals surface area (Å²) in [7, 11) is -5.98. The van der Waals surface area contributed by atoms with Gasteiger partial charge in [0.05, 0.1) is 22.6 Å². The Labute approximate surface area is 156 Å². The van der Waals surface area contributed by atoms with E-state index < -0.39 is 62.5 Å². The Balaban J connectivity index is 2.06. The topological polar surface area (TPSA) is 81.4 Å². The third-order valence-corrected chi connectivity index (χ3v) is 6.86. The fraction of sp³-hybridized carbons (Fsp3) is 0.562. The van der Waals surface area contributed by atoms with Crippen LogP contribution in [0.4, 0.5) is 26.3 Å². The van der Waals surface area contributed by atoms with Gasteiger partial charge in [0, 0.05) is 31.0 Å². The van der Waals surface area contributed by atoms with Gasteiger partial charge in [0.1, 0.15) is 11.9 Å². The van der Waals surface area contributed by atoms with Crippen molar-refractivity contribution in [1.29, 1.82) is 5.26 Å². The van der Waals surface area contributed by atoms with Crippen molar-refractivity contribution in [2.45, 2.75) is 48.9 Å². The number of alkyl halides is 5. The van der Waals surface area contributed by atoms with Gasteiger partial charge in [-0.05, 0) is 12.5 Å². The number of sulfone groups is 1. The smallest absolute Gasteiger partial charge is 0.386 e. The van der Waals surface area contributed by atoms with Crippen LogP contribution < -0.4 is 0 Å². The fourth-order valence-corrected chi connectivity index (χ4v) is 5.02. The molecule has 0 aromatic rings. The molecule has 154 valence electrons. The Kier molecular flexibility index (Phi) is 4.83. The number of hydrogen-bond donors (Lipinski definition) is 1. The number of aliphatic hydroxyl groups excluding tert-OH is 1. The summed E-state index contributed by atoms with van der Waals surface area (Å²) in [6.45, 7) is 0. The van der Waals surface area contributed by atoms with Gasteiger partial charge in [-0.25, -0.2) is 21.6 Å². The number of rotatable bonds is 2. The van der Waals surface area contributed by atoms with Crippen LogP contribution in [0.2, 0.25) is 0 Å². The molecule has 1 aliphatic heterocycles. The summed E-state index contributed by atoms with van der Waals surface area (Å²) in [5, 5.41) is 18.9. The molecular weight excluding hydrogens is 414 g/mol. The molecule has 1 saturated carbocycles. The van der Waals surface area contributed by atoms with E-state index in [1.165, 1.54) is 6.08 Å². The van der Waals surface area contributed by atoms with E-state index in [-0.39, 0.29) is 18.4 Å². The van der Waals surface area contributed by atoms with E-state index in [4.69, 9.17) is 5.26 Å². The van der Waals surface area contributed by atoms with E-state index >= 15 is 0 Å². The van der Waals surface area contributed by atoms with Crippen LogP contribution in [-0.2, 0) is 9.84 Å². The van der Waals surface area contributed by atoms with Crippen molar-refractivity contribution in [3.8, 4) is 6.07 Å². The van der Waals surface area contributed by atoms with E-state index in [1.807, 2.05) is 0 Å². The highest BCUT2D eigenvalue weighted by Crippen LogP contribution is 2.50. The first kappa shape index (κ1) is 20.7. The van der Waals surface area contributed by atoms with Crippen LogP contribution in [0.15, 0.2) is 34.7 Å². The van der Waals surface area contributed by atoms with Gasteiger partial charge in [0.25, 0.3) is 15.8 Å². The molecule has 1 N–H and O–H groups in total. The summed E-state index contributed by atoms with van der Waals surface area (Å²) in [5.41, 5.74) is -6.04. The van der Waals surface area contributed by atoms with E-state index in [9.17, 15) is 39.9 Å². The van der Waals surface area contributed by atoms with Gasteiger partial charge in [-0.3, -0.25) is 0 Å². The predicted molar refractivity (Wildman–Crippen MR) is 83.7 cm³/mol. The molecule has 5 nitrogen and oxygen atoms in total. The molecule has 0 bridgehead atoms. The molecule has 0 aromatic heterocycles. The lowest BCUT2D eigenvalue weighted by Gasteiger charge is -2.42. The molecule has 1 fully saturated rings. The first-order valence-corrected chi connectivity index (χ1v) is 9.63. The van der Waals surface area contributed by atoms with Gasteiger partial charge in [-0.1, -0.05) is 6.08 Å². The zero-order valence-electron chi connectivity index (χ0n) is 14.0. The van der Waals surface area contributed by atoms with Gasteiger partial charge in [-0.15, -0.1) is 0 Å². The lowest BCUT2D eigenvalue weighted by Crippen LogP contribution is -2.54. The molecule has 1 heterocycles. The summed E-state index contributed by atoms with van der Waals surface area (Å²) in [6, 6.07) is -0.479. The minimum absolute atomic E-state index is 0.273. The molecule has 0 amide bonds. The average molecular weight is 428 g/mol. The number of halogens is 6. The molecule has 3 unspecified atom stereocenters. The quantitative estimate of drug-likeness (QED) is 0.684. The monoisotopic (exact) mass is 428 g/mol. The lowest BCUT2D eigenvalue weighted by atomic mass is 9.80. The number of allylic oxidation sites excluding steroid dienone is 2. The standard InChI is InChI=1S/C16H14F6N2O3S/c17-10-2-1-9(5-8(10)6-23)24-7-12(28(26,27)16(20,21)22)13-11(24)3-4-15(18,19)14(13)25/h1-2,7,9,11,13-14,25H,3-5H2/t9?,11?,13?,14-/m0/s1. The second-order valence-electron chi connectivity index (χ2n) is 6.83. The molecule has 2 aliphatic carbocycles. The Morgan fingerprint density at radius 3 is 2.54 bits per heavy atom. The summed E-state index contributed by atoms with van der Waals surface area (Å²) in [6.07, 6.45) is -1.42. The van der Waals surface area contributed by atoms with Crippen LogP contribution in [0.5, 0.6) is 0 Å². The molecule has 12 heteroatoms. The maximum Gasteiger partial charge on any atom is 0.501 e. The molecule has 0 spiro atoms. The third kappa shape index (κ3) is 3.10. The summed E-state index contributed by atoms with van der Waals surface area (Å²) in [5.74, 6) is -6.59. The fourth-order valence-electron chi connectivity index (χ4n) is 3.85. The van der Waals surface area contributed by atoms with Gasteiger partial charge >= 0.3 is 5.51 Å². The highest BCUT2D eigenvalue weighted by Gasteiger charge is 2.61. The molecule has 28 heavy (non-hydrogen) atoms. The summed E-state index contributed by atoms with van der Waals surface area (Å²) >= 11 is 0. The minimum Gasteiger partial charge on any atom is -0.386 e. The highest BCUT2D eigenvalue weighted by molar-refractivity contribution is 7.96. The van der Waals surface area contributed by atoms with Crippen molar-refractivity contribution in [3.05, 3.63) is 34.7 Å². The van der Waals surface area contributed by atoms with Gasteiger partial charge < -0.3 is 10.0 Å². The van der Waals surface area contributed by atoms with Crippen LogP contribution in [0.1, 0.15) is 19.3 Å². The molecule has 0 saturated heterocycles. The molecule has 3 rings (SSSR count). The van der Waals surface area contributed by atoms with Crippen molar-refractivity contribution in [2.24, 2.45) is 5.92 Å². The number of nitriles is 1. The van der Waals surface area contributed by atoms with Crippen LogP contribution in [-0.4, -0.2) is 48.0 Å². The zero-order chi connectivity index (χ0) is 21.1. The first-order chi connectivity index (χ1) is 12.8. The van der Waals surface area contributed by atoms with Gasteiger partial charge in [-0.2, -0.15) is 18.4 Å². The molecule has 0 radical (unpaired) electrons. The van der Waals surface area contributed by atoms with Crippen molar-refractivity contribution in [3.63, 3.8) is 0 Å². The second-order valence-corrected chi connectivity index (χ2v) is 8.78. The van der Waals surface area contributed by atoms with Gasteiger partial charge in [0.2, 0.25) is 0 Å². The first-order valence-electron chi connectivity index (χ1n) is 8.14. The van der Waals surface area contributed by atoms with Crippen LogP contribution in [0.25, 0.3) is 0 Å². The van der Waals surface area contributed by atoms with E-state index in [2.05, 4.69) is 0 Å². The Morgan fingerprint density at radius 1 is 1.32 bits per heavy atom. The van der Waals surface area contributed by atoms with Crippen molar-refractivity contribution >= 4 is 9.84 Å². The maximum atomic E-state index is 13.9. The number of nitrogens with zero attached hydrogens (tertiary/aromatic N) is 2. The van der Waals surface area contributed by atoms with E-state index in [0.29, 0.717) is 6.20 Å². The van der Waals surface area contributed by atoms with Crippen molar-refractivity contribution < 1.29 is 39.9 Å². The predicted octanol–water partition coefficient (Wildman–Crippen LogP) is 2.93. The van der Waals surface area contributed by atoms with E-state index in [0.717, 1.165) is 11.0 Å². The summed E-state index contributed by atoms with van der Waals surface area (Å²) in [4.78, 5) is -0.249. The summed E-state index contributed by atoms with van der Waals surface area (Å²) < 4.78 is 105. The Morgan fingerprint density at radius 2 is 1.96 bits per heavy atom. The van der Waals surface area contributed by atoms with E-state index in [1.54, 1.807) is 6.07 Å². The molecule has 4 atom stereocenters. The van der Waals surface area contributed by atoms with Crippen molar-refractivity contribution in [2.75, 3.05) is 0 Å². The molecule has 3 aliphatic rings.